The van der Waals surface area contributed by atoms with Crippen LogP contribution >= 0.6 is 0 Å². The van der Waals surface area contributed by atoms with Crippen LogP contribution in [-0.2, 0) is 11.3 Å². The Morgan fingerprint density at radius 3 is 2.87 bits per heavy atom. The second-order valence-corrected chi connectivity index (χ2v) is 7.03. The maximum atomic E-state index is 12.6. The molecule has 1 saturated heterocycles. The highest BCUT2D eigenvalue weighted by Gasteiger charge is 2.40. The fourth-order valence-corrected chi connectivity index (χ4v) is 3.62. The third kappa shape index (κ3) is 3.51. The van der Waals surface area contributed by atoms with Gasteiger partial charge in [0.1, 0.15) is 11.4 Å². The zero-order chi connectivity index (χ0) is 16.4. The van der Waals surface area contributed by atoms with Crippen molar-refractivity contribution in [1.82, 2.24) is 9.80 Å². The van der Waals surface area contributed by atoms with Crippen LogP contribution < -0.4 is 10.5 Å². The van der Waals surface area contributed by atoms with Gasteiger partial charge in [-0.05, 0) is 39.4 Å². The fourth-order valence-electron chi connectivity index (χ4n) is 3.62. The molecule has 0 aliphatic carbocycles. The SMILES string of the molecule is C[C@@H](N)C(=O)N1Cc2ccccc2O[C@@]2(CCCN(C)CC2)C1. The number of hydrogen-bond donors (Lipinski definition) is 1. The Morgan fingerprint density at radius 2 is 2.09 bits per heavy atom. The molecule has 2 atom stereocenters. The van der Waals surface area contributed by atoms with E-state index >= 15 is 0 Å². The minimum absolute atomic E-state index is 0.00211. The van der Waals surface area contributed by atoms with Crippen molar-refractivity contribution in [3.8, 4) is 5.75 Å². The molecule has 3 rings (SSSR count). The molecule has 0 radical (unpaired) electrons. The summed E-state index contributed by atoms with van der Waals surface area (Å²) in [5.41, 5.74) is 6.63. The van der Waals surface area contributed by atoms with Crippen molar-refractivity contribution in [3.63, 3.8) is 0 Å². The van der Waals surface area contributed by atoms with Gasteiger partial charge >= 0.3 is 0 Å². The number of nitrogens with two attached hydrogens (primary N) is 1. The number of likely N-dealkylation sites (tertiary alicyclic amines) is 1. The summed E-state index contributed by atoms with van der Waals surface area (Å²) in [6, 6.07) is 7.57. The van der Waals surface area contributed by atoms with Gasteiger partial charge in [0.05, 0.1) is 12.6 Å². The molecular formula is C18H27N3O2. The number of fused-ring (bicyclic) bond motifs is 1. The molecule has 2 aliphatic rings. The maximum Gasteiger partial charge on any atom is 0.239 e. The first kappa shape index (κ1) is 16.3. The lowest BCUT2D eigenvalue weighted by Gasteiger charge is -2.36. The topological polar surface area (TPSA) is 58.8 Å². The molecule has 2 aliphatic heterocycles. The molecule has 5 heteroatoms. The Balaban J connectivity index is 1.95. The number of carbonyl (C=O) groups excluding carboxylic acids is 1. The zero-order valence-corrected chi connectivity index (χ0v) is 14.1. The molecule has 2 N–H and O–H groups in total. The van der Waals surface area contributed by atoms with Crippen molar-refractivity contribution in [1.29, 1.82) is 0 Å². The first-order chi connectivity index (χ1) is 11.0. The highest BCUT2D eigenvalue weighted by Crippen LogP contribution is 2.35. The van der Waals surface area contributed by atoms with Crippen LogP contribution in [0.15, 0.2) is 24.3 Å². The van der Waals surface area contributed by atoms with Crippen LogP contribution in [0.5, 0.6) is 5.75 Å². The monoisotopic (exact) mass is 317 g/mol. The molecule has 126 valence electrons. The van der Waals surface area contributed by atoms with E-state index < -0.39 is 6.04 Å². The van der Waals surface area contributed by atoms with E-state index in [4.69, 9.17) is 10.5 Å². The van der Waals surface area contributed by atoms with Gasteiger partial charge in [0.2, 0.25) is 5.91 Å². The summed E-state index contributed by atoms with van der Waals surface area (Å²) in [6.07, 6.45) is 2.98. The highest BCUT2D eigenvalue weighted by atomic mass is 16.5. The molecular weight excluding hydrogens is 290 g/mol. The molecule has 1 amide bonds. The molecule has 1 fully saturated rings. The summed E-state index contributed by atoms with van der Waals surface area (Å²) in [7, 11) is 2.15. The van der Waals surface area contributed by atoms with Gasteiger partial charge < -0.3 is 20.3 Å². The van der Waals surface area contributed by atoms with Gasteiger partial charge in [-0.3, -0.25) is 4.79 Å². The van der Waals surface area contributed by atoms with Crippen LogP contribution in [0.3, 0.4) is 0 Å². The van der Waals surface area contributed by atoms with E-state index in [9.17, 15) is 4.79 Å². The minimum atomic E-state index is -0.481. The van der Waals surface area contributed by atoms with Crippen LogP contribution in [0.4, 0.5) is 0 Å². The number of benzene rings is 1. The molecule has 1 aromatic carbocycles. The summed E-state index contributed by atoms with van der Waals surface area (Å²) < 4.78 is 6.51. The molecule has 2 heterocycles. The molecule has 5 nitrogen and oxygen atoms in total. The summed E-state index contributed by atoms with van der Waals surface area (Å²) >= 11 is 0. The maximum absolute atomic E-state index is 12.6. The number of rotatable bonds is 1. The predicted octanol–water partition coefficient (Wildman–Crippen LogP) is 1.61. The van der Waals surface area contributed by atoms with Crippen molar-refractivity contribution in [3.05, 3.63) is 29.8 Å². The lowest BCUT2D eigenvalue weighted by molar-refractivity contribution is -0.135. The zero-order valence-electron chi connectivity index (χ0n) is 14.1. The molecule has 0 aromatic heterocycles. The molecule has 1 spiro atoms. The smallest absolute Gasteiger partial charge is 0.239 e. The van der Waals surface area contributed by atoms with Crippen molar-refractivity contribution in [2.45, 2.75) is 44.4 Å². The molecule has 0 saturated carbocycles. The largest absolute Gasteiger partial charge is 0.485 e. The molecule has 23 heavy (non-hydrogen) atoms. The first-order valence-corrected chi connectivity index (χ1v) is 8.49. The summed E-state index contributed by atoms with van der Waals surface area (Å²) in [5, 5.41) is 0. The number of amides is 1. The van der Waals surface area contributed by atoms with Crippen LogP contribution in [0, 0.1) is 0 Å². The van der Waals surface area contributed by atoms with Gasteiger partial charge in [-0.15, -0.1) is 0 Å². The lowest BCUT2D eigenvalue weighted by atomic mass is 9.93. The van der Waals surface area contributed by atoms with E-state index in [1.807, 2.05) is 29.2 Å². The average Bonchev–Trinajstić information content (AvgIpc) is 2.80. The van der Waals surface area contributed by atoms with E-state index in [1.165, 1.54) is 0 Å². The Labute approximate surface area is 138 Å². The molecule has 0 unspecified atom stereocenters. The van der Waals surface area contributed by atoms with Gasteiger partial charge in [0, 0.05) is 25.1 Å². The number of hydrogen-bond acceptors (Lipinski definition) is 4. The molecule has 1 aromatic rings. The van der Waals surface area contributed by atoms with Crippen molar-refractivity contribution < 1.29 is 9.53 Å². The van der Waals surface area contributed by atoms with E-state index in [0.29, 0.717) is 13.1 Å². The minimum Gasteiger partial charge on any atom is -0.485 e. The quantitative estimate of drug-likeness (QED) is 0.855. The Bertz CT molecular complexity index is 575. The van der Waals surface area contributed by atoms with Crippen LogP contribution in [0.2, 0.25) is 0 Å². The fraction of sp³-hybridized carbons (Fsp3) is 0.611. The second kappa shape index (κ2) is 6.49. The standard InChI is InChI=1S/C18H27N3O2/c1-14(19)17(22)21-12-15-6-3-4-7-16(15)23-18(13-21)8-5-10-20(2)11-9-18/h3-4,6-7,14H,5,8-13,19H2,1-2H3/t14-,18-/m1/s1. The van der Waals surface area contributed by atoms with Gasteiger partial charge in [-0.25, -0.2) is 0 Å². The Morgan fingerprint density at radius 1 is 1.30 bits per heavy atom. The average molecular weight is 317 g/mol. The Kier molecular flexibility index (Phi) is 4.60. The van der Waals surface area contributed by atoms with Crippen molar-refractivity contribution in [2.75, 3.05) is 26.7 Å². The van der Waals surface area contributed by atoms with E-state index in [2.05, 4.69) is 11.9 Å². The number of nitrogens with zero attached hydrogens (tertiary/aromatic N) is 2. The first-order valence-electron chi connectivity index (χ1n) is 8.49. The van der Waals surface area contributed by atoms with Crippen molar-refractivity contribution in [2.24, 2.45) is 5.73 Å². The van der Waals surface area contributed by atoms with Gasteiger partial charge in [0.25, 0.3) is 0 Å². The summed E-state index contributed by atoms with van der Waals surface area (Å²) in [5.74, 6) is 0.916. The van der Waals surface area contributed by atoms with Crippen LogP contribution in [0.1, 0.15) is 31.7 Å². The van der Waals surface area contributed by atoms with Crippen LogP contribution in [-0.4, -0.2) is 54.0 Å². The third-order valence-corrected chi connectivity index (χ3v) is 4.96. The van der Waals surface area contributed by atoms with Gasteiger partial charge in [-0.2, -0.15) is 0 Å². The Hall–Kier alpha value is -1.59. The predicted molar refractivity (Wildman–Crippen MR) is 90.2 cm³/mol. The summed E-state index contributed by atoms with van der Waals surface area (Å²) in [4.78, 5) is 16.8. The second-order valence-electron chi connectivity index (χ2n) is 7.03. The molecule has 0 bridgehead atoms. The lowest BCUT2D eigenvalue weighted by Crippen LogP contribution is -2.51. The van der Waals surface area contributed by atoms with E-state index in [0.717, 1.165) is 43.7 Å². The number of para-hydroxylation sites is 1. The van der Waals surface area contributed by atoms with Gasteiger partial charge in [0.15, 0.2) is 0 Å². The van der Waals surface area contributed by atoms with E-state index in [-0.39, 0.29) is 11.5 Å². The summed E-state index contributed by atoms with van der Waals surface area (Å²) in [6.45, 7) is 5.02. The number of carbonyl (C=O) groups is 1. The number of ether oxygens (including phenoxy) is 1. The normalized spacial score (nSPS) is 26.8. The third-order valence-electron chi connectivity index (χ3n) is 4.96. The van der Waals surface area contributed by atoms with E-state index in [1.54, 1.807) is 6.92 Å². The van der Waals surface area contributed by atoms with Crippen LogP contribution in [0.25, 0.3) is 0 Å². The van der Waals surface area contributed by atoms with Gasteiger partial charge in [-0.1, -0.05) is 18.2 Å². The van der Waals surface area contributed by atoms with Crippen molar-refractivity contribution >= 4 is 5.91 Å². The highest BCUT2D eigenvalue weighted by molar-refractivity contribution is 5.81.